The van der Waals surface area contributed by atoms with Crippen molar-refractivity contribution in [1.82, 2.24) is 0 Å². The van der Waals surface area contributed by atoms with Crippen molar-refractivity contribution in [1.29, 1.82) is 0 Å². The van der Waals surface area contributed by atoms with Crippen molar-refractivity contribution in [2.75, 3.05) is 9.80 Å². The SMILES string of the molecule is CC1(C)c2cc(/C=C/c3ccc4c(c3)C(c3ccccc3)(c3ccccc3)c3cc(/C=C/c5ccc6c(c5)C(C)(C)c5cc(N(c7ccc8ccccc8c7)c7ccc8ccccc8c7)ccc5-6)ccc3-4)ccc2-c2ccc(N(c3ccc4ccccc4c3)c3ccc4ccccc4c3)cc21. The lowest BCUT2D eigenvalue weighted by molar-refractivity contribution is 0.660. The molecule has 0 atom stereocenters. The molecule has 0 saturated carbocycles. The predicted octanol–water partition coefficient (Wildman–Crippen LogP) is 26.6. The van der Waals surface area contributed by atoms with Gasteiger partial charge in [-0.05, 0) is 228 Å². The second kappa shape index (κ2) is 23.4. The van der Waals surface area contributed by atoms with Crippen molar-refractivity contribution in [2.24, 2.45) is 0 Å². The van der Waals surface area contributed by atoms with Gasteiger partial charge in [0.2, 0.25) is 0 Å². The third-order valence-corrected chi connectivity index (χ3v) is 22.4. The minimum Gasteiger partial charge on any atom is -0.310 e. The highest BCUT2D eigenvalue weighted by Crippen LogP contribution is 2.58. The minimum atomic E-state index is -0.582. The number of benzene rings is 16. The second-order valence-corrected chi connectivity index (χ2v) is 28.9. The zero-order valence-corrected chi connectivity index (χ0v) is 57.0. The van der Waals surface area contributed by atoms with Crippen molar-refractivity contribution < 1.29 is 0 Å². The van der Waals surface area contributed by atoms with Crippen molar-refractivity contribution in [3.63, 3.8) is 0 Å². The lowest BCUT2D eigenvalue weighted by atomic mass is 9.67. The van der Waals surface area contributed by atoms with Crippen LogP contribution in [0.4, 0.5) is 34.1 Å². The maximum Gasteiger partial charge on any atom is 0.0713 e. The Labute approximate surface area is 591 Å². The fourth-order valence-electron chi connectivity index (χ4n) is 17.2. The second-order valence-electron chi connectivity index (χ2n) is 28.9. The smallest absolute Gasteiger partial charge is 0.0713 e. The van der Waals surface area contributed by atoms with Gasteiger partial charge in [0.1, 0.15) is 0 Å². The zero-order valence-electron chi connectivity index (χ0n) is 57.0. The lowest BCUT2D eigenvalue weighted by Crippen LogP contribution is -2.28. The summed E-state index contributed by atoms with van der Waals surface area (Å²) in [6, 6.07) is 127. The molecule has 0 radical (unpaired) electrons. The van der Waals surface area contributed by atoms with E-state index in [1.54, 1.807) is 0 Å². The molecule has 478 valence electrons. The van der Waals surface area contributed by atoms with Crippen molar-refractivity contribution in [3.8, 4) is 33.4 Å². The maximum absolute atomic E-state index is 2.46. The first kappa shape index (κ1) is 59.9. The first-order chi connectivity index (χ1) is 49.5. The molecule has 0 unspecified atom stereocenters. The lowest BCUT2D eigenvalue weighted by Gasteiger charge is -2.34. The molecule has 2 heteroatoms. The van der Waals surface area contributed by atoms with Crippen LogP contribution in [0.3, 0.4) is 0 Å². The normalized spacial score (nSPS) is 14.1. The Hall–Kier alpha value is -12.4. The quantitative estimate of drug-likeness (QED) is 0.113. The van der Waals surface area contributed by atoms with Crippen molar-refractivity contribution >= 4 is 102 Å². The predicted molar refractivity (Wildman–Crippen MR) is 429 cm³/mol. The summed E-state index contributed by atoms with van der Waals surface area (Å²) in [4.78, 5) is 4.86. The average Bonchev–Trinajstić information content (AvgIpc) is 1.55. The first-order valence-corrected chi connectivity index (χ1v) is 35.4. The van der Waals surface area contributed by atoms with Crippen LogP contribution in [0.1, 0.15) is 94.5 Å². The Bertz CT molecular complexity index is 5570. The number of hydrogen-bond acceptors (Lipinski definition) is 2. The third-order valence-electron chi connectivity index (χ3n) is 22.4. The van der Waals surface area contributed by atoms with Crippen LogP contribution in [0, 0.1) is 0 Å². The minimum absolute atomic E-state index is 0.249. The van der Waals surface area contributed by atoms with Crippen LogP contribution in [0.5, 0.6) is 0 Å². The summed E-state index contributed by atoms with van der Waals surface area (Å²) in [5.74, 6) is 0. The molecule has 16 aromatic rings. The summed E-state index contributed by atoms with van der Waals surface area (Å²) in [5, 5.41) is 9.81. The van der Waals surface area contributed by atoms with Crippen LogP contribution in [-0.4, -0.2) is 0 Å². The van der Waals surface area contributed by atoms with E-state index in [1.165, 1.54) is 132 Å². The molecule has 16 aromatic carbocycles. The Kier molecular flexibility index (Phi) is 13.9. The van der Waals surface area contributed by atoms with Gasteiger partial charge < -0.3 is 9.80 Å². The highest BCUT2D eigenvalue weighted by Gasteiger charge is 2.46. The summed E-state index contributed by atoms with van der Waals surface area (Å²) in [6.45, 7) is 9.59. The zero-order chi connectivity index (χ0) is 67.6. The maximum atomic E-state index is 2.46. The molecule has 0 saturated heterocycles. The van der Waals surface area contributed by atoms with E-state index in [1.807, 2.05) is 0 Å². The Morgan fingerprint density at radius 2 is 0.426 bits per heavy atom. The van der Waals surface area contributed by atoms with Gasteiger partial charge in [0.15, 0.2) is 0 Å². The topological polar surface area (TPSA) is 6.48 Å². The Morgan fingerprint density at radius 3 is 0.733 bits per heavy atom. The molecule has 0 fully saturated rings. The van der Waals surface area contributed by atoms with Gasteiger partial charge in [0.05, 0.1) is 5.41 Å². The van der Waals surface area contributed by atoms with Crippen LogP contribution >= 0.6 is 0 Å². The molecule has 101 heavy (non-hydrogen) atoms. The molecule has 3 aliphatic carbocycles. The Morgan fingerprint density at radius 1 is 0.198 bits per heavy atom. The standard InChI is InChI=1S/C99H72N2/c1-97(2)91-55-65(35-49-85(91)87-53-47-83(63-93(87)97)100(79-43-39-69-19-11-15-23-73(69)59-79)80-44-40-70-20-12-16-24-74(70)60-80)31-33-67-37-51-89-90-52-38-68(58-96(90)99(95(89)57-67,77-27-7-5-8-28-77)78-29-9-6-10-30-78)34-32-66-36-50-86-88-54-48-84(64-94(88)98(3,4)92(86)56-66)101(81-45-41-71-21-13-17-25-75(71)61-81)82-46-42-72-22-14-18-26-76(72)62-82/h5-64H,1-4H3/b33-31+,34-32+. The van der Waals surface area contributed by atoms with Gasteiger partial charge in [-0.25, -0.2) is 0 Å². The number of fused-ring (bicyclic) bond motifs is 13. The molecule has 3 aliphatic rings. The number of anilines is 6. The largest absolute Gasteiger partial charge is 0.310 e. The number of nitrogens with zero attached hydrogens (tertiary/aromatic N) is 2. The van der Waals surface area contributed by atoms with Crippen LogP contribution in [0.25, 0.3) is 101 Å². The van der Waals surface area contributed by atoms with Gasteiger partial charge in [-0.15, -0.1) is 0 Å². The summed E-state index contributed by atoms with van der Waals surface area (Å²) in [5.41, 5.74) is 28.6. The van der Waals surface area contributed by atoms with E-state index in [0.29, 0.717) is 0 Å². The third kappa shape index (κ3) is 9.84. The fourth-order valence-corrected chi connectivity index (χ4v) is 17.2. The van der Waals surface area contributed by atoms with Crippen molar-refractivity contribution in [2.45, 2.75) is 43.9 Å². The molecule has 0 aromatic heterocycles. The first-order valence-electron chi connectivity index (χ1n) is 35.4. The number of rotatable bonds is 12. The van der Waals surface area contributed by atoms with E-state index in [-0.39, 0.29) is 10.8 Å². The fraction of sp³-hybridized carbons (Fsp3) is 0.0707. The van der Waals surface area contributed by atoms with Gasteiger partial charge in [-0.1, -0.05) is 307 Å². The van der Waals surface area contributed by atoms with Crippen LogP contribution in [-0.2, 0) is 16.2 Å². The van der Waals surface area contributed by atoms with E-state index >= 15 is 0 Å². The summed E-state index contributed by atoms with van der Waals surface area (Å²) in [7, 11) is 0. The van der Waals surface area contributed by atoms with E-state index in [2.05, 4.69) is 402 Å². The van der Waals surface area contributed by atoms with Crippen LogP contribution in [0.15, 0.2) is 340 Å². The molecule has 2 nitrogen and oxygen atoms in total. The molecule has 0 heterocycles. The molecule has 0 spiro atoms. The van der Waals surface area contributed by atoms with Gasteiger partial charge in [0.25, 0.3) is 0 Å². The average molecular weight is 1290 g/mol. The van der Waals surface area contributed by atoms with E-state index in [0.717, 1.165) is 45.3 Å². The van der Waals surface area contributed by atoms with Gasteiger partial charge in [0, 0.05) is 45.0 Å². The summed E-state index contributed by atoms with van der Waals surface area (Å²) >= 11 is 0. The molecule has 0 bridgehead atoms. The van der Waals surface area contributed by atoms with E-state index in [9.17, 15) is 0 Å². The van der Waals surface area contributed by atoms with Gasteiger partial charge in [-0.3, -0.25) is 0 Å². The highest BCUT2D eigenvalue weighted by molar-refractivity contribution is 5.98. The van der Waals surface area contributed by atoms with Crippen molar-refractivity contribution in [3.05, 3.63) is 406 Å². The monoisotopic (exact) mass is 1290 g/mol. The molecule has 0 aliphatic heterocycles. The van der Waals surface area contributed by atoms with Crippen LogP contribution in [0.2, 0.25) is 0 Å². The Balaban J connectivity index is 0.636. The van der Waals surface area contributed by atoms with Gasteiger partial charge >= 0.3 is 0 Å². The summed E-state index contributed by atoms with van der Waals surface area (Å²) in [6.07, 6.45) is 9.27. The van der Waals surface area contributed by atoms with Gasteiger partial charge in [-0.2, -0.15) is 0 Å². The molecule has 0 N–H and O–H groups in total. The molecule has 0 amide bonds. The molecular weight excluding hydrogens is 1220 g/mol. The van der Waals surface area contributed by atoms with E-state index < -0.39 is 5.41 Å². The summed E-state index contributed by atoms with van der Waals surface area (Å²) < 4.78 is 0. The van der Waals surface area contributed by atoms with Crippen LogP contribution < -0.4 is 9.80 Å². The highest BCUT2D eigenvalue weighted by atomic mass is 15.1. The number of hydrogen-bond donors (Lipinski definition) is 0. The van der Waals surface area contributed by atoms with E-state index in [4.69, 9.17) is 0 Å². The molecule has 19 rings (SSSR count). The molecular formula is C99H72N2.